The average Bonchev–Trinajstić information content (AvgIpc) is 3.08. The summed E-state index contributed by atoms with van der Waals surface area (Å²) in [6.07, 6.45) is 3.69. The lowest BCUT2D eigenvalue weighted by atomic mass is 10.1. The molecule has 1 aliphatic rings. The molecule has 0 bridgehead atoms. The Balaban J connectivity index is 1.86. The largest absolute Gasteiger partial charge is 0.351 e. The van der Waals surface area contributed by atoms with Gasteiger partial charge in [0.1, 0.15) is 0 Å². The molecule has 1 saturated heterocycles. The van der Waals surface area contributed by atoms with E-state index in [2.05, 4.69) is 10.6 Å². The smallest absolute Gasteiger partial charge is 0.321 e. The predicted octanol–water partition coefficient (Wildman–Crippen LogP) is 2.06. The Kier molecular flexibility index (Phi) is 6.40. The van der Waals surface area contributed by atoms with Gasteiger partial charge in [-0.15, -0.1) is 0 Å². The molecule has 0 saturated carbocycles. The summed E-state index contributed by atoms with van der Waals surface area (Å²) in [5.74, 6) is -0.140. The van der Waals surface area contributed by atoms with E-state index in [-0.39, 0.29) is 11.9 Å². The molecule has 1 aliphatic heterocycles. The van der Waals surface area contributed by atoms with E-state index in [1.54, 1.807) is 0 Å². The van der Waals surface area contributed by atoms with Gasteiger partial charge in [0.25, 0.3) is 0 Å². The summed E-state index contributed by atoms with van der Waals surface area (Å²) in [5.41, 5.74) is 7.46. The van der Waals surface area contributed by atoms with Crippen molar-refractivity contribution in [1.29, 1.82) is 0 Å². The number of nitrogens with one attached hydrogen (secondary N) is 2. The fourth-order valence-corrected chi connectivity index (χ4v) is 2.64. The molecular weight excluding hydrogens is 292 g/mol. The van der Waals surface area contributed by atoms with Crippen molar-refractivity contribution in [2.24, 2.45) is 5.73 Å². The van der Waals surface area contributed by atoms with Gasteiger partial charge in [-0.05, 0) is 37.0 Å². The number of benzene rings is 1. The second-order valence-corrected chi connectivity index (χ2v) is 5.94. The molecule has 1 unspecified atom stereocenters. The monoisotopic (exact) mass is 318 g/mol. The quantitative estimate of drug-likeness (QED) is 0.750. The van der Waals surface area contributed by atoms with Crippen LogP contribution in [0, 0.1) is 0 Å². The number of likely N-dealkylation sites (tertiary alicyclic amines) is 1. The molecule has 3 amide bonds. The molecule has 1 heterocycles. The van der Waals surface area contributed by atoms with Crippen LogP contribution in [0.25, 0.3) is 0 Å². The van der Waals surface area contributed by atoms with Gasteiger partial charge in [-0.25, -0.2) is 4.79 Å². The Bertz CT molecular complexity index is 541. The van der Waals surface area contributed by atoms with E-state index in [9.17, 15) is 9.59 Å². The molecule has 0 aliphatic carbocycles. The lowest BCUT2D eigenvalue weighted by molar-refractivity contribution is -0.122. The molecule has 23 heavy (non-hydrogen) atoms. The average molecular weight is 318 g/mol. The maximum absolute atomic E-state index is 12.1. The third kappa shape index (κ3) is 5.25. The summed E-state index contributed by atoms with van der Waals surface area (Å²) < 4.78 is 0. The van der Waals surface area contributed by atoms with Crippen molar-refractivity contribution in [2.45, 2.75) is 45.2 Å². The highest BCUT2D eigenvalue weighted by Crippen LogP contribution is 2.14. The van der Waals surface area contributed by atoms with Crippen molar-refractivity contribution in [3.8, 4) is 0 Å². The third-order valence-electron chi connectivity index (χ3n) is 3.97. The van der Waals surface area contributed by atoms with Crippen LogP contribution < -0.4 is 16.4 Å². The molecule has 0 radical (unpaired) electrons. The van der Waals surface area contributed by atoms with Crippen LogP contribution in [0.1, 0.15) is 38.2 Å². The highest BCUT2D eigenvalue weighted by atomic mass is 16.2. The summed E-state index contributed by atoms with van der Waals surface area (Å²) in [5, 5.41) is 5.74. The van der Waals surface area contributed by atoms with E-state index < -0.39 is 6.04 Å². The maximum Gasteiger partial charge on any atom is 0.321 e. The topological polar surface area (TPSA) is 87.5 Å². The number of hydrogen-bond donors (Lipinski definition) is 3. The van der Waals surface area contributed by atoms with Crippen molar-refractivity contribution < 1.29 is 9.59 Å². The minimum atomic E-state index is -0.460. The van der Waals surface area contributed by atoms with Gasteiger partial charge in [-0.3, -0.25) is 4.79 Å². The number of amides is 3. The molecule has 1 aromatic carbocycles. The summed E-state index contributed by atoms with van der Waals surface area (Å²) in [7, 11) is 0. The van der Waals surface area contributed by atoms with Gasteiger partial charge in [0, 0.05) is 25.3 Å². The van der Waals surface area contributed by atoms with Crippen LogP contribution in [-0.4, -0.2) is 36.0 Å². The first kappa shape index (κ1) is 17.3. The van der Waals surface area contributed by atoms with E-state index in [1.807, 2.05) is 36.1 Å². The Hall–Kier alpha value is -2.08. The van der Waals surface area contributed by atoms with Gasteiger partial charge in [0.05, 0.1) is 6.04 Å². The lowest BCUT2D eigenvalue weighted by Crippen LogP contribution is -2.40. The predicted molar refractivity (Wildman–Crippen MR) is 91.0 cm³/mol. The summed E-state index contributed by atoms with van der Waals surface area (Å²) in [6.45, 7) is 4.04. The van der Waals surface area contributed by atoms with Crippen LogP contribution in [0.15, 0.2) is 24.3 Å². The van der Waals surface area contributed by atoms with Crippen LogP contribution in [-0.2, 0) is 11.3 Å². The van der Waals surface area contributed by atoms with Crippen LogP contribution >= 0.6 is 0 Å². The number of carbonyl (C=O) groups excluding carboxylic acids is 2. The van der Waals surface area contributed by atoms with Crippen LogP contribution in [0.3, 0.4) is 0 Å². The number of hydrogen-bond acceptors (Lipinski definition) is 3. The normalized spacial score (nSPS) is 15.3. The number of nitrogens with two attached hydrogens (primary N) is 1. The molecule has 0 spiro atoms. The molecule has 6 nitrogen and oxygen atoms in total. The molecule has 1 fully saturated rings. The van der Waals surface area contributed by atoms with E-state index in [1.165, 1.54) is 0 Å². The molecule has 2 rings (SSSR count). The summed E-state index contributed by atoms with van der Waals surface area (Å²) in [4.78, 5) is 25.7. The lowest BCUT2D eigenvalue weighted by Gasteiger charge is -2.16. The van der Waals surface area contributed by atoms with Gasteiger partial charge in [-0.2, -0.15) is 0 Å². The molecule has 126 valence electrons. The highest BCUT2D eigenvalue weighted by Gasteiger charge is 2.17. The number of rotatable bonds is 6. The molecule has 0 aromatic heterocycles. The summed E-state index contributed by atoms with van der Waals surface area (Å²) >= 11 is 0. The zero-order valence-electron chi connectivity index (χ0n) is 13.7. The standard InChI is InChI=1S/C17H26N4O2/c1-2-6-15(18)16(22)19-12-13-7-5-8-14(11-13)20-17(23)21-9-3-4-10-21/h5,7-8,11,15H,2-4,6,9-10,12,18H2,1H3,(H,19,22)(H,20,23). The van der Waals surface area contributed by atoms with Crippen molar-refractivity contribution in [3.05, 3.63) is 29.8 Å². The highest BCUT2D eigenvalue weighted by molar-refractivity contribution is 5.89. The second kappa shape index (κ2) is 8.53. The Labute approximate surface area is 137 Å². The van der Waals surface area contributed by atoms with E-state index in [4.69, 9.17) is 5.73 Å². The maximum atomic E-state index is 12.1. The van der Waals surface area contributed by atoms with Crippen LogP contribution in [0.2, 0.25) is 0 Å². The minimum absolute atomic E-state index is 0.0614. The first-order valence-electron chi connectivity index (χ1n) is 8.28. The third-order valence-corrected chi connectivity index (χ3v) is 3.97. The number of nitrogens with zero attached hydrogens (tertiary/aromatic N) is 1. The molecule has 4 N–H and O–H groups in total. The zero-order valence-corrected chi connectivity index (χ0v) is 13.7. The van der Waals surface area contributed by atoms with Crippen molar-refractivity contribution in [2.75, 3.05) is 18.4 Å². The Morgan fingerprint density at radius 1 is 1.30 bits per heavy atom. The van der Waals surface area contributed by atoms with E-state index >= 15 is 0 Å². The van der Waals surface area contributed by atoms with Gasteiger partial charge < -0.3 is 21.3 Å². The van der Waals surface area contributed by atoms with Gasteiger partial charge >= 0.3 is 6.03 Å². The number of anilines is 1. The molecular formula is C17H26N4O2. The molecule has 1 atom stereocenters. The van der Waals surface area contributed by atoms with Gasteiger partial charge in [0.2, 0.25) is 5.91 Å². The van der Waals surface area contributed by atoms with E-state index in [0.717, 1.165) is 43.6 Å². The van der Waals surface area contributed by atoms with Gasteiger partial charge in [-0.1, -0.05) is 25.5 Å². The first-order valence-corrected chi connectivity index (χ1v) is 8.28. The Morgan fingerprint density at radius 3 is 2.74 bits per heavy atom. The van der Waals surface area contributed by atoms with Crippen molar-refractivity contribution in [1.82, 2.24) is 10.2 Å². The number of carbonyl (C=O) groups is 2. The fourth-order valence-electron chi connectivity index (χ4n) is 2.64. The zero-order chi connectivity index (χ0) is 16.7. The summed E-state index contributed by atoms with van der Waals surface area (Å²) in [6, 6.07) is 6.98. The second-order valence-electron chi connectivity index (χ2n) is 5.94. The molecule has 6 heteroatoms. The number of urea groups is 1. The van der Waals surface area contributed by atoms with Gasteiger partial charge in [0.15, 0.2) is 0 Å². The first-order chi connectivity index (χ1) is 11.1. The van der Waals surface area contributed by atoms with Crippen LogP contribution in [0.4, 0.5) is 10.5 Å². The molecule has 1 aromatic rings. The SMILES string of the molecule is CCCC(N)C(=O)NCc1cccc(NC(=O)N2CCCC2)c1. The van der Waals surface area contributed by atoms with Crippen molar-refractivity contribution in [3.63, 3.8) is 0 Å². The van der Waals surface area contributed by atoms with Crippen molar-refractivity contribution >= 4 is 17.6 Å². The van der Waals surface area contributed by atoms with Crippen LogP contribution in [0.5, 0.6) is 0 Å². The Morgan fingerprint density at radius 2 is 2.04 bits per heavy atom. The minimum Gasteiger partial charge on any atom is -0.351 e. The fraction of sp³-hybridized carbons (Fsp3) is 0.529. The van der Waals surface area contributed by atoms with E-state index in [0.29, 0.717) is 13.0 Å².